The molecule has 0 amide bonds. The van der Waals surface area contributed by atoms with Crippen LogP contribution in [0.3, 0.4) is 0 Å². The van der Waals surface area contributed by atoms with Crippen LogP contribution in [0.25, 0.3) is 0 Å². The van der Waals surface area contributed by atoms with E-state index in [1.54, 1.807) is 0 Å². The number of rotatable bonds is 9. The van der Waals surface area contributed by atoms with Gasteiger partial charge in [-0.2, -0.15) is 9.59 Å². The largest absolute Gasteiger partial charge is 0.393 e. The first-order valence-electron chi connectivity index (χ1n) is 13.9. The molecule has 0 bridgehead atoms. The van der Waals surface area contributed by atoms with Crippen molar-refractivity contribution in [1.82, 2.24) is 4.57 Å². The first kappa shape index (κ1) is 30.2. The lowest BCUT2D eigenvalue weighted by Gasteiger charge is -2.31. The summed E-state index contributed by atoms with van der Waals surface area (Å²) in [5.41, 5.74) is 7.43. The maximum atomic E-state index is 12.8. The van der Waals surface area contributed by atoms with Crippen molar-refractivity contribution in [2.24, 2.45) is 7.05 Å². The molecule has 2 heterocycles. The average Bonchev–Trinajstić information content (AvgIpc) is 3.34. The van der Waals surface area contributed by atoms with E-state index in [4.69, 9.17) is 9.59 Å². The van der Waals surface area contributed by atoms with E-state index >= 15 is 0 Å². The maximum absolute atomic E-state index is 12.8. The number of hydrogen-bond donors (Lipinski definition) is 2. The number of aryl methyl sites for hydroxylation is 2. The molecule has 0 spiro atoms. The smallest absolute Gasteiger partial charge is 0.373 e. The van der Waals surface area contributed by atoms with Gasteiger partial charge in [-0.1, -0.05) is 24.3 Å². The van der Waals surface area contributed by atoms with Crippen LogP contribution in [0.1, 0.15) is 50.4 Å². The molecule has 1 aliphatic heterocycles. The molecule has 0 radical (unpaired) electrons. The summed E-state index contributed by atoms with van der Waals surface area (Å²) in [5, 5.41) is 13.1. The zero-order valence-electron chi connectivity index (χ0n) is 23.9. The quantitative estimate of drug-likeness (QED) is 0.265. The fraction of sp³-hybridized carbons (Fsp3) is 0.265. The van der Waals surface area contributed by atoms with Crippen molar-refractivity contribution in [2.75, 3.05) is 23.3 Å². The van der Waals surface area contributed by atoms with Gasteiger partial charge in [-0.05, 0) is 85.5 Å². The van der Waals surface area contributed by atoms with Crippen LogP contribution in [-0.2, 0) is 29.5 Å². The Morgan fingerprint density at radius 3 is 1.74 bits per heavy atom. The summed E-state index contributed by atoms with van der Waals surface area (Å²) in [6.45, 7) is 3.67. The Morgan fingerprint density at radius 2 is 1.29 bits per heavy atom. The van der Waals surface area contributed by atoms with Gasteiger partial charge in [-0.15, -0.1) is 0 Å². The minimum atomic E-state index is -0.198. The standard InChI is InChI=1S/C33H35N3O3.CO2/c1-23-19-27(22-35(23)2)33(39)21-25-5-11-29(12-6-25)34-28-9-3-24(4-10-28)20-32(38)26-7-13-30(14-8-26)36-17-15-31(37)16-18-36;2-1-3/h3-14,19,22,31,34,37H,15-18,20-21H2,1-2H3;. The first-order chi connectivity index (χ1) is 20.2. The lowest BCUT2D eigenvalue weighted by atomic mass is 10.0. The van der Waals surface area contributed by atoms with Gasteiger partial charge in [0.25, 0.3) is 0 Å². The molecule has 1 fully saturated rings. The van der Waals surface area contributed by atoms with Crippen LogP contribution in [0.5, 0.6) is 0 Å². The number of carbonyl (C=O) groups excluding carboxylic acids is 4. The highest BCUT2D eigenvalue weighted by molar-refractivity contribution is 5.98. The van der Waals surface area contributed by atoms with Crippen LogP contribution in [0.4, 0.5) is 17.1 Å². The van der Waals surface area contributed by atoms with Gasteiger partial charge in [-0.3, -0.25) is 9.59 Å². The third-order valence-electron chi connectivity index (χ3n) is 7.52. The van der Waals surface area contributed by atoms with Gasteiger partial charge in [0.1, 0.15) is 0 Å². The Kier molecular flexibility index (Phi) is 10.2. The number of aliphatic hydroxyl groups excluding tert-OH is 1. The molecular weight excluding hydrogens is 530 g/mol. The fourth-order valence-corrected chi connectivity index (χ4v) is 4.96. The molecule has 1 aliphatic rings. The number of nitrogens with zero attached hydrogens (tertiary/aromatic N) is 2. The summed E-state index contributed by atoms with van der Waals surface area (Å²) in [6, 6.07) is 25.5. The number of benzene rings is 3. The summed E-state index contributed by atoms with van der Waals surface area (Å²) in [7, 11) is 1.94. The highest BCUT2D eigenvalue weighted by Crippen LogP contribution is 2.22. The topological polar surface area (TPSA) is 109 Å². The van der Waals surface area contributed by atoms with E-state index in [0.717, 1.165) is 65.4 Å². The third kappa shape index (κ3) is 8.13. The van der Waals surface area contributed by atoms with Crippen molar-refractivity contribution in [3.8, 4) is 0 Å². The van der Waals surface area contributed by atoms with Gasteiger partial charge in [0, 0.05) is 73.1 Å². The molecule has 42 heavy (non-hydrogen) atoms. The summed E-state index contributed by atoms with van der Waals surface area (Å²) in [5.74, 6) is 0.204. The van der Waals surface area contributed by atoms with Crippen molar-refractivity contribution in [3.63, 3.8) is 0 Å². The van der Waals surface area contributed by atoms with E-state index < -0.39 is 0 Å². The number of hydrogen-bond acceptors (Lipinski definition) is 7. The van der Waals surface area contributed by atoms with Gasteiger partial charge >= 0.3 is 6.15 Å². The Labute approximate surface area is 245 Å². The number of piperidine rings is 1. The van der Waals surface area contributed by atoms with E-state index in [1.165, 1.54) is 0 Å². The lowest BCUT2D eigenvalue weighted by molar-refractivity contribution is -0.191. The molecule has 216 valence electrons. The summed E-state index contributed by atoms with van der Waals surface area (Å²) >= 11 is 0. The molecule has 0 aliphatic carbocycles. The minimum absolute atomic E-state index is 0.0899. The third-order valence-corrected chi connectivity index (χ3v) is 7.52. The van der Waals surface area contributed by atoms with Gasteiger partial charge in [-0.25, -0.2) is 0 Å². The second-order valence-electron chi connectivity index (χ2n) is 10.5. The first-order valence-corrected chi connectivity index (χ1v) is 13.9. The van der Waals surface area contributed by atoms with Crippen LogP contribution >= 0.6 is 0 Å². The number of anilines is 3. The highest BCUT2D eigenvalue weighted by Gasteiger charge is 2.17. The monoisotopic (exact) mass is 565 g/mol. The molecular formula is C34H35N3O5. The number of aromatic nitrogens is 1. The number of aliphatic hydroxyl groups is 1. The Hall–Kier alpha value is -4.78. The van der Waals surface area contributed by atoms with Crippen molar-refractivity contribution in [3.05, 3.63) is 113 Å². The zero-order valence-corrected chi connectivity index (χ0v) is 23.9. The molecule has 4 aromatic rings. The van der Waals surface area contributed by atoms with E-state index in [1.807, 2.05) is 104 Å². The molecule has 1 aromatic heterocycles. The van der Waals surface area contributed by atoms with Crippen molar-refractivity contribution in [2.45, 2.75) is 38.7 Å². The number of nitrogens with one attached hydrogen (secondary N) is 1. The van der Waals surface area contributed by atoms with Crippen molar-refractivity contribution < 1.29 is 24.3 Å². The van der Waals surface area contributed by atoms with Crippen LogP contribution in [-0.4, -0.2) is 46.6 Å². The normalized spacial score (nSPS) is 13.1. The van der Waals surface area contributed by atoms with Crippen molar-refractivity contribution >= 4 is 34.8 Å². The summed E-state index contributed by atoms with van der Waals surface area (Å²) in [6.07, 6.45) is 4.22. The highest BCUT2D eigenvalue weighted by atomic mass is 16.3. The Balaban J connectivity index is 0.00000129. The fourth-order valence-electron chi connectivity index (χ4n) is 4.96. The predicted octanol–water partition coefficient (Wildman–Crippen LogP) is 5.31. The Bertz CT molecular complexity index is 1510. The van der Waals surface area contributed by atoms with Gasteiger partial charge in [0.15, 0.2) is 11.6 Å². The number of ketones is 2. The number of carbonyl (C=O) groups is 2. The molecule has 0 saturated carbocycles. The van der Waals surface area contributed by atoms with Gasteiger partial charge in [0.05, 0.1) is 6.10 Å². The molecule has 2 N–H and O–H groups in total. The van der Waals surface area contributed by atoms with E-state index in [0.29, 0.717) is 18.4 Å². The molecule has 8 heteroatoms. The van der Waals surface area contributed by atoms with E-state index in [-0.39, 0.29) is 23.8 Å². The van der Waals surface area contributed by atoms with Crippen LogP contribution in [0.2, 0.25) is 0 Å². The van der Waals surface area contributed by atoms with Crippen LogP contribution in [0.15, 0.2) is 85.1 Å². The van der Waals surface area contributed by atoms with E-state index in [9.17, 15) is 14.7 Å². The van der Waals surface area contributed by atoms with Gasteiger partial charge < -0.3 is 19.9 Å². The molecule has 8 nitrogen and oxygen atoms in total. The zero-order chi connectivity index (χ0) is 30.1. The number of Topliss-reactive ketones (excluding diaryl/α,β-unsaturated/α-hetero) is 2. The molecule has 0 atom stereocenters. The lowest BCUT2D eigenvalue weighted by Crippen LogP contribution is -2.35. The molecule has 0 unspecified atom stereocenters. The second kappa shape index (κ2) is 14.2. The average molecular weight is 566 g/mol. The molecule has 3 aromatic carbocycles. The molecule has 5 rings (SSSR count). The van der Waals surface area contributed by atoms with Crippen LogP contribution in [0, 0.1) is 6.92 Å². The van der Waals surface area contributed by atoms with Crippen LogP contribution < -0.4 is 10.2 Å². The SMILES string of the molecule is Cc1cc(C(=O)Cc2ccc(Nc3ccc(CC(=O)c4ccc(N5CCC(O)CC5)cc4)cc3)cc2)cn1C.O=C=O. The van der Waals surface area contributed by atoms with E-state index in [2.05, 4.69) is 10.2 Å². The van der Waals surface area contributed by atoms with Gasteiger partial charge in [0.2, 0.25) is 0 Å². The maximum Gasteiger partial charge on any atom is 0.373 e. The summed E-state index contributed by atoms with van der Waals surface area (Å²) < 4.78 is 1.96. The Morgan fingerprint density at radius 1 is 0.810 bits per heavy atom. The molecule has 1 saturated heterocycles. The summed E-state index contributed by atoms with van der Waals surface area (Å²) in [4.78, 5) is 43.9. The van der Waals surface area contributed by atoms with Crippen molar-refractivity contribution in [1.29, 1.82) is 0 Å². The minimum Gasteiger partial charge on any atom is -0.393 e. The second-order valence-corrected chi connectivity index (χ2v) is 10.5. The predicted molar refractivity (Wildman–Crippen MR) is 161 cm³/mol.